The van der Waals surface area contributed by atoms with E-state index in [0.29, 0.717) is 5.75 Å². The number of nitrogens with two attached hydrogens (primary N) is 1. The zero-order chi connectivity index (χ0) is 11.3. The van der Waals surface area contributed by atoms with Gasteiger partial charge in [0.1, 0.15) is 0 Å². The van der Waals surface area contributed by atoms with Crippen LogP contribution >= 0.6 is 11.8 Å². The Kier molecular flexibility index (Phi) is 4.19. The molecule has 2 N–H and O–H groups in total. The summed E-state index contributed by atoms with van der Waals surface area (Å²) in [5, 5.41) is -0.00246. The summed E-state index contributed by atoms with van der Waals surface area (Å²) in [6.45, 7) is 1.47. The van der Waals surface area contributed by atoms with Crippen molar-refractivity contribution >= 4 is 22.6 Å². The molecule has 0 saturated carbocycles. The monoisotopic (exact) mass is 223 g/mol. The lowest BCUT2D eigenvalue weighted by atomic mass is 10.2. The molecule has 0 saturated heterocycles. The molecule has 0 amide bonds. The highest BCUT2D eigenvalue weighted by Gasteiger charge is 2.01. The molecule has 0 atom stereocenters. The van der Waals surface area contributed by atoms with Crippen molar-refractivity contribution in [1.82, 2.24) is 0 Å². The molecule has 0 aromatic heterocycles. The maximum absolute atomic E-state index is 13.3. The maximum atomic E-state index is 13.3. The topological polar surface area (TPSA) is 43.1 Å². The number of hydrogen-bond donors (Lipinski definition) is 1. The number of anilines is 1. The first kappa shape index (κ1) is 11.6. The lowest BCUT2D eigenvalue weighted by Gasteiger charge is -1.97. The van der Waals surface area contributed by atoms with Crippen LogP contribution in [-0.4, -0.2) is 10.9 Å². The molecular formula is C11H10FNOS. The molecule has 0 unspecified atom stereocenters. The van der Waals surface area contributed by atoms with Crippen LogP contribution in [0.5, 0.6) is 0 Å². The Morgan fingerprint density at radius 3 is 3.00 bits per heavy atom. The van der Waals surface area contributed by atoms with Crippen LogP contribution < -0.4 is 5.73 Å². The second-order valence-corrected chi connectivity index (χ2v) is 3.94. The van der Waals surface area contributed by atoms with Crippen molar-refractivity contribution in [3.63, 3.8) is 0 Å². The summed E-state index contributed by atoms with van der Waals surface area (Å²) in [7, 11) is 0. The van der Waals surface area contributed by atoms with Crippen molar-refractivity contribution in [1.29, 1.82) is 0 Å². The van der Waals surface area contributed by atoms with Gasteiger partial charge in [-0.05, 0) is 12.1 Å². The van der Waals surface area contributed by atoms with E-state index in [0.717, 1.165) is 11.8 Å². The number of thioether (sulfide) groups is 1. The van der Waals surface area contributed by atoms with Gasteiger partial charge in [-0.25, -0.2) is 4.39 Å². The van der Waals surface area contributed by atoms with E-state index < -0.39 is 5.82 Å². The fourth-order valence-electron chi connectivity index (χ4n) is 0.915. The molecule has 0 radical (unpaired) electrons. The number of carbonyl (C=O) groups is 1. The summed E-state index contributed by atoms with van der Waals surface area (Å²) < 4.78 is 13.3. The fourth-order valence-corrected chi connectivity index (χ4v) is 1.26. The average Bonchev–Trinajstić information content (AvgIpc) is 2.18. The largest absolute Gasteiger partial charge is 0.396 e. The summed E-state index contributed by atoms with van der Waals surface area (Å²) in [6.07, 6.45) is 0. The third-order valence-corrected chi connectivity index (χ3v) is 2.29. The summed E-state index contributed by atoms with van der Waals surface area (Å²) in [4.78, 5) is 10.6. The smallest absolute Gasteiger partial charge is 0.186 e. The average molecular weight is 223 g/mol. The summed E-state index contributed by atoms with van der Waals surface area (Å²) in [6, 6.07) is 4.67. The Balaban J connectivity index is 2.72. The molecule has 0 aliphatic heterocycles. The van der Waals surface area contributed by atoms with Crippen LogP contribution in [0.15, 0.2) is 18.2 Å². The van der Waals surface area contributed by atoms with Gasteiger partial charge in [0.25, 0.3) is 0 Å². The number of nitrogen functional groups attached to an aromatic ring is 1. The Hall–Kier alpha value is -1.47. The van der Waals surface area contributed by atoms with Gasteiger partial charge in [0.2, 0.25) is 0 Å². The van der Waals surface area contributed by atoms with Crippen LogP contribution in [0.25, 0.3) is 0 Å². The first-order valence-electron chi connectivity index (χ1n) is 4.27. The number of benzene rings is 1. The molecule has 0 aliphatic carbocycles. The van der Waals surface area contributed by atoms with Crippen LogP contribution in [0, 0.1) is 17.7 Å². The Labute approximate surface area is 92.0 Å². The van der Waals surface area contributed by atoms with E-state index in [9.17, 15) is 9.18 Å². The molecule has 1 aromatic carbocycles. The van der Waals surface area contributed by atoms with Gasteiger partial charge in [-0.2, -0.15) is 0 Å². The van der Waals surface area contributed by atoms with E-state index in [1.165, 1.54) is 13.0 Å². The van der Waals surface area contributed by atoms with Gasteiger partial charge < -0.3 is 5.73 Å². The molecule has 0 bridgehead atoms. The van der Waals surface area contributed by atoms with Gasteiger partial charge in [-0.3, -0.25) is 4.79 Å². The quantitative estimate of drug-likeness (QED) is 0.585. The third kappa shape index (κ3) is 3.64. The number of hydrogen-bond acceptors (Lipinski definition) is 3. The van der Waals surface area contributed by atoms with E-state index >= 15 is 0 Å². The molecule has 1 rings (SSSR count). The molecule has 0 fully saturated rings. The second-order valence-electron chi connectivity index (χ2n) is 2.79. The van der Waals surface area contributed by atoms with Crippen molar-refractivity contribution in [3.8, 4) is 11.8 Å². The zero-order valence-electron chi connectivity index (χ0n) is 8.21. The zero-order valence-corrected chi connectivity index (χ0v) is 9.03. The van der Waals surface area contributed by atoms with Crippen LogP contribution in [0.4, 0.5) is 10.1 Å². The minimum atomic E-state index is -0.502. The maximum Gasteiger partial charge on any atom is 0.186 e. The lowest BCUT2D eigenvalue weighted by molar-refractivity contribution is -0.109. The molecule has 15 heavy (non-hydrogen) atoms. The molecule has 0 heterocycles. The first-order valence-corrected chi connectivity index (χ1v) is 5.26. The first-order chi connectivity index (χ1) is 7.11. The SMILES string of the molecule is CC(=O)SCC#Cc1cccc(N)c1F. The Morgan fingerprint density at radius 1 is 1.60 bits per heavy atom. The highest BCUT2D eigenvalue weighted by molar-refractivity contribution is 8.13. The molecule has 0 aliphatic rings. The van der Waals surface area contributed by atoms with Gasteiger partial charge in [0.05, 0.1) is 17.0 Å². The summed E-state index contributed by atoms with van der Waals surface area (Å²) >= 11 is 1.09. The van der Waals surface area contributed by atoms with E-state index in [4.69, 9.17) is 5.73 Å². The van der Waals surface area contributed by atoms with E-state index in [2.05, 4.69) is 11.8 Å². The third-order valence-electron chi connectivity index (χ3n) is 1.60. The van der Waals surface area contributed by atoms with Gasteiger partial charge >= 0.3 is 0 Å². The van der Waals surface area contributed by atoms with Crippen molar-refractivity contribution in [2.24, 2.45) is 0 Å². The predicted octanol–water partition coefficient (Wildman–Crippen LogP) is 2.04. The standard InChI is InChI=1S/C11H10FNOS/c1-8(14)15-7-3-5-9-4-2-6-10(13)11(9)12/h2,4,6H,7,13H2,1H3. The van der Waals surface area contributed by atoms with Gasteiger partial charge in [-0.15, -0.1) is 0 Å². The number of halogens is 1. The highest BCUT2D eigenvalue weighted by Crippen LogP contribution is 2.13. The Bertz CT molecular complexity index is 434. The highest BCUT2D eigenvalue weighted by atomic mass is 32.2. The summed E-state index contributed by atoms with van der Waals surface area (Å²) in [5.41, 5.74) is 5.72. The van der Waals surface area contributed by atoms with Crippen molar-refractivity contribution < 1.29 is 9.18 Å². The minimum absolute atomic E-state index is 0.00246. The van der Waals surface area contributed by atoms with Gasteiger partial charge in [0, 0.05) is 6.92 Å². The van der Waals surface area contributed by atoms with E-state index in [1.54, 1.807) is 12.1 Å². The number of carbonyl (C=O) groups excluding carboxylic acids is 1. The van der Waals surface area contributed by atoms with Gasteiger partial charge in [-0.1, -0.05) is 29.7 Å². The van der Waals surface area contributed by atoms with Crippen molar-refractivity contribution in [2.45, 2.75) is 6.92 Å². The van der Waals surface area contributed by atoms with E-state index in [-0.39, 0.29) is 16.4 Å². The number of rotatable bonds is 1. The van der Waals surface area contributed by atoms with Crippen LogP contribution in [0.3, 0.4) is 0 Å². The normalized spacial score (nSPS) is 9.20. The van der Waals surface area contributed by atoms with Crippen molar-refractivity contribution in [2.75, 3.05) is 11.5 Å². The molecule has 1 aromatic rings. The van der Waals surface area contributed by atoms with Crippen molar-refractivity contribution in [3.05, 3.63) is 29.6 Å². The molecule has 0 spiro atoms. The van der Waals surface area contributed by atoms with Gasteiger partial charge in [0.15, 0.2) is 10.9 Å². The van der Waals surface area contributed by atoms with Crippen LogP contribution in [0.2, 0.25) is 0 Å². The van der Waals surface area contributed by atoms with E-state index in [1.807, 2.05) is 0 Å². The second kappa shape index (κ2) is 5.42. The van der Waals surface area contributed by atoms with Crippen LogP contribution in [-0.2, 0) is 4.79 Å². The predicted molar refractivity (Wildman–Crippen MR) is 60.8 cm³/mol. The molecule has 78 valence electrons. The molecule has 2 nitrogen and oxygen atoms in total. The Morgan fingerprint density at radius 2 is 2.33 bits per heavy atom. The lowest BCUT2D eigenvalue weighted by Crippen LogP contribution is -1.93. The molecular weight excluding hydrogens is 213 g/mol. The summed E-state index contributed by atoms with van der Waals surface area (Å²) in [5.74, 6) is 5.19. The molecule has 4 heteroatoms. The minimum Gasteiger partial charge on any atom is -0.396 e. The van der Waals surface area contributed by atoms with Crippen LogP contribution in [0.1, 0.15) is 12.5 Å². The fraction of sp³-hybridized carbons (Fsp3) is 0.182.